The predicted octanol–water partition coefficient (Wildman–Crippen LogP) is 3.95. The van der Waals surface area contributed by atoms with E-state index in [2.05, 4.69) is 5.32 Å². The van der Waals surface area contributed by atoms with Crippen LogP contribution in [0.5, 0.6) is 0 Å². The van der Waals surface area contributed by atoms with Gasteiger partial charge in [0.2, 0.25) is 5.91 Å². The van der Waals surface area contributed by atoms with Gasteiger partial charge in [0.05, 0.1) is 4.91 Å². The van der Waals surface area contributed by atoms with E-state index in [1.807, 2.05) is 0 Å². The van der Waals surface area contributed by atoms with Crippen LogP contribution in [0.15, 0.2) is 23.1 Å². The van der Waals surface area contributed by atoms with E-state index in [9.17, 15) is 14.4 Å². The molecule has 1 saturated heterocycles. The van der Waals surface area contributed by atoms with Crippen molar-refractivity contribution in [3.63, 3.8) is 0 Å². The first-order valence-corrected chi connectivity index (χ1v) is 9.51. The number of nitrogens with zero attached hydrogens (tertiary/aromatic N) is 1. The molecule has 25 heavy (non-hydrogen) atoms. The summed E-state index contributed by atoms with van der Waals surface area (Å²) in [7, 11) is 0. The van der Waals surface area contributed by atoms with Gasteiger partial charge in [-0.1, -0.05) is 35.7 Å². The maximum atomic E-state index is 12.4. The Bertz CT molecular complexity index is 762. The van der Waals surface area contributed by atoms with Crippen LogP contribution in [0.2, 0.25) is 10.0 Å². The smallest absolute Gasteiger partial charge is 0.293 e. The minimum Gasteiger partial charge on any atom is -0.354 e. The SMILES string of the molecule is O=C(NCCN1C(=O)S/C(=C\c2ccc(Cl)cc2Cl)C1=O)C1CCC1. The van der Waals surface area contributed by atoms with Crippen molar-refractivity contribution in [2.75, 3.05) is 13.1 Å². The number of carbonyl (C=O) groups is 3. The van der Waals surface area contributed by atoms with Crippen molar-refractivity contribution < 1.29 is 14.4 Å². The molecule has 3 rings (SSSR count). The normalized spacial score (nSPS) is 19.4. The Hall–Kier alpha value is -1.50. The van der Waals surface area contributed by atoms with Gasteiger partial charge in [-0.3, -0.25) is 19.3 Å². The number of thioether (sulfide) groups is 1. The quantitative estimate of drug-likeness (QED) is 0.762. The Labute approximate surface area is 159 Å². The van der Waals surface area contributed by atoms with Gasteiger partial charge >= 0.3 is 0 Å². The van der Waals surface area contributed by atoms with Crippen molar-refractivity contribution in [1.82, 2.24) is 10.2 Å². The lowest BCUT2D eigenvalue weighted by Crippen LogP contribution is -2.40. The lowest BCUT2D eigenvalue weighted by atomic mass is 9.85. The summed E-state index contributed by atoms with van der Waals surface area (Å²) in [5, 5.41) is 3.34. The third kappa shape index (κ3) is 4.19. The number of halogens is 2. The molecule has 1 saturated carbocycles. The Morgan fingerprint density at radius 1 is 1.32 bits per heavy atom. The number of benzene rings is 1. The second-order valence-electron chi connectivity index (χ2n) is 5.92. The van der Waals surface area contributed by atoms with Crippen LogP contribution in [0.25, 0.3) is 6.08 Å². The van der Waals surface area contributed by atoms with E-state index in [1.165, 1.54) is 0 Å². The van der Waals surface area contributed by atoms with Crippen molar-refractivity contribution in [2.45, 2.75) is 19.3 Å². The van der Waals surface area contributed by atoms with Crippen molar-refractivity contribution in [1.29, 1.82) is 0 Å². The number of hydrogen-bond donors (Lipinski definition) is 1. The van der Waals surface area contributed by atoms with Crippen LogP contribution in [-0.2, 0) is 9.59 Å². The highest BCUT2D eigenvalue weighted by molar-refractivity contribution is 8.18. The van der Waals surface area contributed by atoms with Gasteiger partial charge in [0, 0.05) is 29.1 Å². The van der Waals surface area contributed by atoms with E-state index in [1.54, 1.807) is 24.3 Å². The highest BCUT2D eigenvalue weighted by Crippen LogP contribution is 2.33. The minimum absolute atomic E-state index is 0.00158. The molecule has 1 aliphatic carbocycles. The van der Waals surface area contributed by atoms with Gasteiger partial charge < -0.3 is 5.32 Å². The number of nitrogens with one attached hydrogen (secondary N) is 1. The van der Waals surface area contributed by atoms with Crippen LogP contribution in [0.3, 0.4) is 0 Å². The van der Waals surface area contributed by atoms with Crippen LogP contribution in [-0.4, -0.2) is 35.0 Å². The molecule has 8 heteroatoms. The van der Waals surface area contributed by atoms with E-state index in [0.717, 1.165) is 35.9 Å². The summed E-state index contributed by atoms with van der Waals surface area (Å²) in [4.78, 5) is 37.7. The van der Waals surface area contributed by atoms with Crippen LogP contribution in [0.4, 0.5) is 4.79 Å². The number of hydrogen-bond acceptors (Lipinski definition) is 4. The Morgan fingerprint density at radius 3 is 2.72 bits per heavy atom. The van der Waals surface area contributed by atoms with E-state index < -0.39 is 0 Å². The molecule has 0 unspecified atom stereocenters. The highest BCUT2D eigenvalue weighted by atomic mass is 35.5. The van der Waals surface area contributed by atoms with E-state index in [0.29, 0.717) is 20.5 Å². The molecule has 0 spiro atoms. The summed E-state index contributed by atoms with van der Waals surface area (Å²) in [5.41, 5.74) is 0.620. The fourth-order valence-corrected chi connectivity index (χ4v) is 3.88. The van der Waals surface area contributed by atoms with E-state index in [-0.39, 0.29) is 36.1 Å². The van der Waals surface area contributed by atoms with Crippen molar-refractivity contribution in [3.05, 3.63) is 38.7 Å². The second-order valence-corrected chi connectivity index (χ2v) is 7.75. The third-order valence-electron chi connectivity index (χ3n) is 4.23. The standard InChI is InChI=1S/C17H16Cl2N2O3S/c18-12-5-4-11(13(19)9-12)8-14-16(23)21(17(24)25-14)7-6-20-15(22)10-2-1-3-10/h4-5,8-10H,1-3,6-7H2,(H,20,22)/b14-8-. The molecule has 132 valence electrons. The molecule has 1 N–H and O–H groups in total. The number of imide groups is 1. The maximum Gasteiger partial charge on any atom is 0.293 e. The zero-order valence-electron chi connectivity index (χ0n) is 13.3. The Morgan fingerprint density at radius 2 is 2.08 bits per heavy atom. The first-order chi connectivity index (χ1) is 12.0. The Kier molecular flexibility index (Phi) is 5.71. The number of rotatable bonds is 5. The van der Waals surface area contributed by atoms with Crippen LogP contribution in [0, 0.1) is 5.92 Å². The maximum absolute atomic E-state index is 12.4. The zero-order valence-corrected chi connectivity index (χ0v) is 15.6. The fourth-order valence-electron chi connectivity index (χ4n) is 2.56. The molecule has 1 aromatic carbocycles. The van der Waals surface area contributed by atoms with Crippen molar-refractivity contribution in [2.24, 2.45) is 5.92 Å². The largest absolute Gasteiger partial charge is 0.354 e. The van der Waals surface area contributed by atoms with Crippen LogP contribution in [0.1, 0.15) is 24.8 Å². The van der Waals surface area contributed by atoms with Gasteiger partial charge in [-0.05, 0) is 48.4 Å². The molecule has 1 aliphatic heterocycles. The Balaban J connectivity index is 1.61. The van der Waals surface area contributed by atoms with Gasteiger partial charge in [0.15, 0.2) is 0 Å². The summed E-state index contributed by atoms with van der Waals surface area (Å²) in [5.74, 6) is -0.289. The van der Waals surface area contributed by atoms with Crippen molar-refractivity contribution >= 4 is 58.1 Å². The fraction of sp³-hybridized carbons (Fsp3) is 0.353. The summed E-state index contributed by atoms with van der Waals surface area (Å²) >= 11 is 12.8. The lowest BCUT2D eigenvalue weighted by molar-refractivity contribution is -0.128. The molecule has 3 amide bonds. The first kappa shape index (κ1) is 18.3. The minimum atomic E-state index is -0.376. The molecule has 1 heterocycles. The molecular weight excluding hydrogens is 383 g/mol. The summed E-state index contributed by atoms with van der Waals surface area (Å²) in [6.07, 6.45) is 4.49. The predicted molar refractivity (Wildman–Crippen MR) is 99.5 cm³/mol. The number of carbonyl (C=O) groups excluding carboxylic acids is 3. The zero-order chi connectivity index (χ0) is 18.0. The third-order valence-corrected chi connectivity index (χ3v) is 5.70. The molecular formula is C17H16Cl2N2O3S. The molecule has 0 bridgehead atoms. The average molecular weight is 399 g/mol. The highest BCUT2D eigenvalue weighted by Gasteiger charge is 2.35. The van der Waals surface area contributed by atoms with E-state index in [4.69, 9.17) is 23.2 Å². The molecule has 0 atom stereocenters. The molecule has 0 radical (unpaired) electrons. The summed E-state index contributed by atoms with van der Waals surface area (Å²) < 4.78 is 0. The van der Waals surface area contributed by atoms with Gasteiger partial charge in [0.25, 0.3) is 11.1 Å². The molecule has 5 nitrogen and oxygen atoms in total. The molecule has 2 aliphatic rings. The van der Waals surface area contributed by atoms with Gasteiger partial charge in [0.1, 0.15) is 0 Å². The monoisotopic (exact) mass is 398 g/mol. The number of amides is 3. The summed E-state index contributed by atoms with van der Waals surface area (Å²) in [6.45, 7) is 0.428. The molecule has 0 aromatic heterocycles. The summed E-state index contributed by atoms with van der Waals surface area (Å²) in [6, 6.07) is 4.94. The van der Waals surface area contributed by atoms with Gasteiger partial charge in [-0.15, -0.1) is 0 Å². The molecule has 2 fully saturated rings. The van der Waals surface area contributed by atoms with Gasteiger partial charge in [-0.2, -0.15) is 0 Å². The van der Waals surface area contributed by atoms with Crippen molar-refractivity contribution in [3.8, 4) is 0 Å². The van der Waals surface area contributed by atoms with Crippen LogP contribution >= 0.6 is 35.0 Å². The average Bonchev–Trinajstić information content (AvgIpc) is 2.76. The van der Waals surface area contributed by atoms with Gasteiger partial charge in [-0.25, -0.2) is 0 Å². The van der Waals surface area contributed by atoms with E-state index >= 15 is 0 Å². The first-order valence-electron chi connectivity index (χ1n) is 7.94. The molecule has 1 aromatic rings. The second kappa shape index (κ2) is 7.81. The lowest BCUT2D eigenvalue weighted by Gasteiger charge is -2.24. The van der Waals surface area contributed by atoms with Crippen LogP contribution < -0.4 is 5.32 Å². The topological polar surface area (TPSA) is 66.5 Å².